The van der Waals surface area contributed by atoms with E-state index in [0.29, 0.717) is 26.7 Å². The van der Waals surface area contributed by atoms with Gasteiger partial charge in [-0.25, -0.2) is 9.59 Å². The topological polar surface area (TPSA) is 91.8 Å². The summed E-state index contributed by atoms with van der Waals surface area (Å²) in [5, 5.41) is 0.999. The Labute approximate surface area is 200 Å². The van der Waals surface area contributed by atoms with Crippen LogP contribution < -0.4 is 4.74 Å². The zero-order chi connectivity index (χ0) is 24.2. The van der Waals surface area contributed by atoms with Gasteiger partial charge < -0.3 is 14.2 Å². The van der Waals surface area contributed by atoms with Gasteiger partial charge in [-0.05, 0) is 49.7 Å². The molecule has 0 bridgehead atoms. The van der Waals surface area contributed by atoms with Gasteiger partial charge in [-0.1, -0.05) is 35.3 Å². The first-order valence-electron chi connectivity index (χ1n) is 10.1. The van der Waals surface area contributed by atoms with E-state index in [1.54, 1.807) is 13.8 Å². The summed E-state index contributed by atoms with van der Waals surface area (Å²) in [7, 11) is 1.43. The summed E-state index contributed by atoms with van der Waals surface area (Å²) < 4.78 is 15.7. The third kappa shape index (κ3) is 4.38. The highest BCUT2D eigenvalue weighted by Gasteiger charge is 2.57. The second-order valence-electron chi connectivity index (χ2n) is 6.89. The summed E-state index contributed by atoms with van der Waals surface area (Å²) in [6.45, 7) is 3.05. The number of hydrogen-bond acceptors (Lipinski definition) is 7. The van der Waals surface area contributed by atoms with Crippen molar-refractivity contribution in [3.8, 4) is 5.75 Å². The lowest BCUT2D eigenvalue weighted by molar-refractivity contribution is -0.161. The molecule has 3 rings (SSSR count). The predicted molar refractivity (Wildman–Crippen MR) is 124 cm³/mol. The number of ether oxygens (including phenoxy) is 3. The Hall–Kier alpha value is -3.16. The Kier molecular flexibility index (Phi) is 7.56. The number of halogens is 2. The van der Waals surface area contributed by atoms with Crippen molar-refractivity contribution in [2.24, 2.45) is 0 Å². The first-order chi connectivity index (χ1) is 15.8. The smallest absolute Gasteiger partial charge is 0.336 e. The summed E-state index contributed by atoms with van der Waals surface area (Å²) in [5.41, 5.74) is -1.92. The zero-order valence-electron chi connectivity index (χ0n) is 18.2. The van der Waals surface area contributed by atoms with Crippen LogP contribution in [0.15, 0.2) is 48.7 Å². The fraction of sp³-hybridized carbons (Fsp3) is 0.250. The van der Waals surface area contributed by atoms with Crippen LogP contribution in [0.25, 0.3) is 10.9 Å². The molecular weight excluding hydrogens is 469 g/mol. The van der Waals surface area contributed by atoms with E-state index in [9.17, 15) is 14.4 Å². The number of nitrogens with zero attached hydrogens (tertiary/aromatic N) is 1. The molecule has 0 N–H and O–H groups in total. The first kappa shape index (κ1) is 24.5. The molecule has 0 spiro atoms. The minimum atomic E-state index is -2.42. The van der Waals surface area contributed by atoms with E-state index in [2.05, 4.69) is 4.98 Å². The molecule has 0 atom stereocenters. The lowest BCUT2D eigenvalue weighted by atomic mass is 9.73. The molecule has 0 radical (unpaired) electrons. The molecule has 172 valence electrons. The van der Waals surface area contributed by atoms with E-state index in [1.807, 2.05) is 0 Å². The van der Waals surface area contributed by atoms with Gasteiger partial charge in [0.05, 0.1) is 30.9 Å². The molecule has 0 aliphatic carbocycles. The Morgan fingerprint density at radius 3 is 2.09 bits per heavy atom. The van der Waals surface area contributed by atoms with Crippen molar-refractivity contribution in [2.75, 3.05) is 20.3 Å². The Balaban J connectivity index is 2.37. The standard InChI is InChI=1S/C24H21Cl2NO6/c1-4-32-22(29)24(23(30)33-5-2,14-6-8-15(25)9-7-14)21(28)16-10-11-27-19-13-18(26)20(31-3)12-17(16)19/h6-13H,4-5H2,1-3H3. The summed E-state index contributed by atoms with van der Waals surface area (Å²) in [6, 6.07) is 10.3. The summed E-state index contributed by atoms with van der Waals surface area (Å²) in [6.07, 6.45) is 1.39. The van der Waals surface area contributed by atoms with Crippen LogP contribution in [0, 0.1) is 0 Å². The second-order valence-corrected chi connectivity index (χ2v) is 7.73. The van der Waals surface area contributed by atoms with Gasteiger partial charge >= 0.3 is 11.9 Å². The summed E-state index contributed by atoms with van der Waals surface area (Å²) in [4.78, 5) is 45.1. The van der Waals surface area contributed by atoms with Gasteiger partial charge in [0.2, 0.25) is 0 Å². The number of ketones is 1. The Morgan fingerprint density at radius 1 is 0.939 bits per heavy atom. The SMILES string of the molecule is CCOC(=O)C(C(=O)OCC)(C(=O)c1ccnc2cc(Cl)c(OC)cc12)c1ccc(Cl)cc1. The molecule has 0 unspecified atom stereocenters. The van der Waals surface area contributed by atoms with Crippen LogP contribution >= 0.6 is 23.2 Å². The number of pyridine rings is 1. The molecule has 0 aliphatic heterocycles. The number of rotatable bonds is 8. The van der Waals surface area contributed by atoms with Gasteiger partial charge in [0.15, 0.2) is 5.78 Å². The number of aromatic nitrogens is 1. The van der Waals surface area contributed by atoms with Crippen LogP contribution in [0.2, 0.25) is 10.0 Å². The van der Waals surface area contributed by atoms with Crippen molar-refractivity contribution in [3.05, 3.63) is 69.8 Å². The molecule has 9 heteroatoms. The highest BCUT2D eigenvalue weighted by atomic mass is 35.5. The van der Waals surface area contributed by atoms with Crippen molar-refractivity contribution in [2.45, 2.75) is 19.3 Å². The lowest BCUT2D eigenvalue weighted by Gasteiger charge is -2.28. The molecule has 0 saturated heterocycles. The third-order valence-electron chi connectivity index (χ3n) is 5.04. The van der Waals surface area contributed by atoms with E-state index in [0.717, 1.165) is 0 Å². The molecule has 2 aromatic carbocycles. The van der Waals surface area contributed by atoms with Crippen molar-refractivity contribution < 1.29 is 28.6 Å². The predicted octanol–water partition coefficient (Wildman–Crippen LogP) is 4.80. The molecule has 0 saturated carbocycles. The van der Waals surface area contributed by atoms with E-state index in [-0.39, 0.29) is 24.3 Å². The number of Topliss-reactive ketones (excluding diaryl/α,β-unsaturated/α-hetero) is 1. The second kappa shape index (κ2) is 10.2. The van der Waals surface area contributed by atoms with Crippen molar-refractivity contribution in [1.29, 1.82) is 0 Å². The number of hydrogen-bond donors (Lipinski definition) is 0. The molecule has 3 aromatic rings. The molecule has 33 heavy (non-hydrogen) atoms. The van der Waals surface area contributed by atoms with Crippen molar-refractivity contribution in [1.82, 2.24) is 4.98 Å². The maximum atomic E-state index is 14.1. The number of benzene rings is 2. The fourth-order valence-electron chi connectivity index (χ4n) is 3.52. The van der Waals surface area contributed by atoms with Gasteiger partial charge in [0.1, 0.15) is 5.75 Å². The lowest BCUT2D eigenvalue weighted by Crippen LogP contribution is -2.52. The zero-order valence-corrected chi connectivity index (χ0v) is 19.7. The molecule has 0 fully saturated rings. The van der Waals surface area contributed by atoms with Crippen LogP contribution in [0.4, 0.5) is 0 Å². The van der Waals surface area contributed by atoms with E-state index < -0.39 is 23.1 Å². The number of methoxy groups -OCH3 is 1. The van der Waals surface area contributed by atoms with Gasteiger partial charge in [-0.3, -0.25) is 9.78 Å². The van der Waals surface area contributed by atoms with Crippen LogP contribution in [0.5, 0.6) is 5.75 Å². The average molecular weight is 490 g/mol. The number of fused-ring (bicyclic) bond motifs is 1. The Morgan fingerprint density at radius 2 is 1.55 bits per heavy atom. The van der Waals surface area contributed by atoms with Crippen LogP contribution in [-0.2, 0) is 24.5 Å². The number of carbonyl (C=O) groups excluding carboxylic acids is 3. The molecule has 7 nitrogen and oxygen atoms in total. The maximum absolute atomic E-state index is 14.1. The first-order valence-corrected chi connectivity index (χ1v) is 10.8. The molecule has 0 aliphatic rings. The molecule has 1 aromatic heterocycles. The van der Waals surface area contributed by atoms with Crippen LogP contribution in [-0.4, -0.2) is 43.0 Å². The number of carbonyl (C=O) groups is 3. The van der Waals surface area contributed by atoms with Gasteiger partial charge in [-0.15, -0.1) is 0 Å². The minimum absolute atomic E-state index is 0.0472. The van der Waals surface area contributed by atoms with Gasteiger partial charge in [0, 0.05) is 22.2 Å². The highest BCUT2D eigenvalue weighted by Crippen LogP contribution is 2.37. The summed E-state index contributed by atoms with van der Waals surface area (Å²) >= 11 is 12.2. The van der Waals surface area contributed by atoms with Gasteiger partial charge in [0.25, 0.3) is 5.41 Å². The minimum Gasteiger partial charge on any atom is -0.495 e. The van der Waals surface area contributed by atoms with E-state index >= 15 is 0 Å². The third-order valence-corrected chi connectivity index (χ3v) is 5.59. The van der Waals surface area contributed by atoms with Gasteiger partial charge in [-0.2, -0.15) is 0 Å². The van der Waals surface area contributed by atoms with E-state index in [1.165, 1.54) is 55.8 Å². The van der Waals surface area contributed by atoms with Crippen LogP contribution in [0.1, 0.15) is 29.8 Å². The average Bonchev–Trinajstić information content (AvgIpc) is 2.80. The molecular formula is C24H21Cl2NO6. The molecule has 0 amide bonds. The normalized spacial score (nSPS) is 11.2. The monoisotopic (exact) mass is 489 g/mol. The number of esters is 2. The summed E-state index contributed by atoms with van der Waals surface area (Å²) in [5.74, 6) is -2.64. The van der Waals surface area contributed by atoms with Crippen LogP contribution in [0.3, 0.4) is 0 Å². The highest BCUT2D eigenvalue weighted by molar-refractivity contribution is 6.35. The Bertz CT molecular complexity index is 1190. The van der Waals surface area contributed by atoms with Crippen molar-refractivity contribution in [3.63, 3.8) is 0 Å². The fourth-order valence-corrected chi connectivity index (χ4v) is 3.88. The largest absolute Gasteiger partial charge is 0.495 e. The quantitative estimate of drug-likeness (QED) is 0.255. The van der Waals surface area contributed by atoms with E-state index in [4.69, 9.17) is 37.4 Å². The molecule has 1 heterocycles. The van der Waals surface area contributed by atoms with Crippen molar-refractivity contribution >= 4 is 51.8 Å². The maximum Gasteiger partial charge on any atom is 0.336 e.